The fourth-order valence-corrected chi connectivity index (χ4v) is 2.12. The molecular formula is C16H19N5O3. The summed E-state index contributed by atoms with van der Waals surface area (Å²) in [5.41, 5.74) is 2.33. The fraction of sp³-hybridized carbons (Fsp3) is 0.250. The van der Waals surface area contributed by atoms with Crippen LogP contribution in [-0.2, 0) is 16.6 Å². The van der Waals surface area contributed by atoms with E-state index < -0.39 is 0 Å². The number of amides is 3. The van der Waals surface area contributed by atoms with Crippen LogP contribution in [0.3, 0.4) is 0 Å². The highest BCUT2D eigenvalue weighted by Gasteiger charge is 2.13. The van der Waals surface area contributed by atoms with Crippen LogP contribution in [0.2, 0.25) is 0 Å². The minimum Gasteiger partial charge on any atom is -0.342 e. The van der Waals surface area contributed by atoms with Crippen LogP contribution >= 0.6 is 0 Å². The van der Waals surface area contributed by atoms with Crippen molar-refractivity contribution in [1.82, 2.24) is 15.1 Å². The number of benzene rings is 1. The molecule has 3 N–H and O–H groups in total. The monoisotopic (exact) mass is 329 g/mol. The van der Waals surface area contributed by atoms with Gasteiger partial charge in [0.25, 0.3) is 5.91 Å². The molecule has 1 heterocycles. The topological polar surface area (TPSA) is 105 Å². The Balaban J connectivity index is 1.86. The Morgan fingerprint density at radius 2 is 1.67 bits per heavy atom. The van der Waals surface area contributed by atoms with E-state index in [4.69, 9.17) is 0 Å². The van der Waals surface area contributed by atoms with Gasteiger partial charge in [-0.3, -0.25) is 19.1 Å². The number of nitrogens with zero attached hydrogens (tertiary/aromatic N) is 2. The van der Waals surface area contributed by atoms with Gasteiger partial charge in [-0.1, -0.05) is 0 Å². The molecule has 0 spiro atoms. The van der Waals surface area contributed by atoms with Gasteiger partial charge in [-0.15, -0.1) is 0 Å². The molecule has 126 valence electrons. The minimum absolute atomic E-state index is 0.156. The summed E-state index contributed by atoms with van der Waals surface area (Å²) >= 11 is 0. The Labute approximate surface area is 139 Å². The Hall–Kier alpha value is -3.16. The molecule has 0 saturated carbocycles. The van der Waals surface area contributed by atoms with Gasteiger partial charge in [0.2, 0.25) is 11.8 Å². The van der Waals surface area contributed by atoms with E-state index in [2.05, 4.69) is 21.0 Å². The second-order valence-electron chi connectivity index (χ2n) is 5.28. The third-order valence-corrected chi connectivity index (χ3v) is 3.13. The SMILES string of the molecule is CC(=O)Nc1ccc(NC(=O)CNC(=O)c2cc(C)nn2C)cc1. The number of carbonyl (C=O) groups is 3. The van der Waals surface area contributed by atoms with Crippen molar-refractivity contribution in [3.05, 3.63) is 41.7 Å². The zero-order chi connectivity index (χ0) is 17.7. The van der Waals surface area contributed by atoms with Gasteiger partial charge in [0.05, 0.1) is 12.2 Å². The number of carbonyl (C=O) groups excluding carboxylic acids is 3. The lowest BCUT2D eigenvalue weighted by molar-refractivity contribution is -0.115. The largest absolute Gasteiger partial charge is 0.342 e. The summed E-state index contributed by atoms with van der Waals surface area (Å²) in [7, 11) is 1.67. The summed E-state index contributed by atoms with van der Waals surface area (Å²) < 4.78 is 1.46. The summed E-state index contributed by atoms with van der Waals surface area (Å²) in [5.74, 6) is -0.885. The maximum absolute atomic E-state index is 12.0. The Morgan fingerprint density at radius 3 is 2.17 bits per heavy atom. The molecule has 0 radical (unpaired) electrons. The molecular weight excluding hydrogens is 310 g/mol. The highest BCUT2D eigenvalue weighted by atomic mass is 16.2. The Morgan fingerprint density at radius 1 is 1.08 bits per heavy atom. The second kappa shape index (κ2) is 7.40. The van der Waals surface area contributed by atoms with Crippen LogP contribution in [0.25, 0.3) is 0 Å². The summed E-state index contributed by atoms with van der Waals surface area (Å²) in [4.78, 5) is 34.8. The van der Waals surface area contributed by atoms with Crippen LogP contribution in [0.15, 0.2) is 30.3 Å². The highest BCUT2D eigenvalue weighted by Crippen LogP contribution is 2.13. The van der Waals surface area contributed by atoms with E-state index in [1.807, 2.05) is 0 Å². The van der Waals surface area contributed by atoms with Crippen LogP contribution in [0.4, 0.5) is 11.4 Å². The van der Waals surface area contributed by atoms with Crippen molar-refractivity contribution in [2.45, 2.75) is 13.8 Å². The van der Waals surface area contributed by atoms with E-state index in [0.29, 0.717) is 17.1 Å². The van der Waals surface area contributed by atoms with Gasteiger partial charge < -0.3 is 16.0 Å². The lowest BCUT2D eigenvalue weighted by Crippen LogP contribution is -2.33. The predicted octanol–water partition coefficient (Wildman–Crippen LogP) is 1.06. The molecule has 1 aromatic carbocycles. The van der Waals surface area contributed by atoms with Gasteiger partial charge in [0, 0.05) is 25.3 Å². The van der Waals surface area contributed by atoms with E-state index in [1.165, 1.54) is 11.6 Å². The van der Waals surface area contributed by atoms with E-state index in [9.17, 15) is 14.4 Å². The molecule has 2 aromatic rings. The molecule has 8 heteroatoms. The lowest BCUT2D eigenvalue weighted by atomic mass is 10.2. The first-order chi connectivity index (χ1) is 11.3. The van der Waals surface area contributed by atoms with Gasteiger partial charge in [0.1, 0.15) is 5.69 Å². The first-order valence-corrected chi connectivity index (χ1v) is 7.31. The van der Waals surface area contributed by atoms with E-state index in [1.54, 1.807) is 44.3 Å². The van der Waals surface area contributed by atoms with Gasteiger partial charge in [-0.05, 0) is 37.3 Å². The molecule has 0 bridgehead atoms. The van der Waals surface area contributed by atoms with E-state index in [-0.39, 0.29) is 24.3 Å². The molecule has 1 aromatic heterocycles. The quantitative estimate of drug-likeness (QED) is 0.762. The molecule has 0 atom stereocenters. The number of hydrogen-bond donors (Lipinski definition) is 3. The third kappa shape index (κ3) is 4.67. The van der Waals surface area contributed by atoms with Crippen molar-refractivity contribution in [3.63, 3.8) is 0 Å². The smallest absolute Gasteiger partial charge is 0.269 e. The molecule has 0 aliphatic carbocycles. The maximum atomic E-state index is 12.0. The number of anilines is 2. The van der Waals surface area contributed by atoms with Gasteiger partial charge in [-0.2, -0.15) is 5.10 Å². The molecule has 8 nitrogen and oxygen atoms in total. The van der Waals surface area contributed by atoms with Gasteiger partial charge in [0.15, 0.2) is 0 Å². The summed E-state index contributed by atoms with van der Waals surface area (Å²) in [5, 5.41) is 11.9. The summed E-state index contributed by atoms with van der Waals surface area (Å²) in [6.45, 7) is 3.05. The van der Waals surface area contributed by atoms with Gasteiger partial charge >= 0.3 is 0 Å². The van der Waals surface area contributed by atoms with Crippen molar-refractivity contribution >= 4 is 29.1 Å². The van der Waals surface area contributed by atoms with E-state index >= 15 is 0 Å². The number of aromatic nitrogens is 2. The zero-order valence-electron chi connectivity index (χ0n) is 13.7. The van der Waals surface area contributed by atoms with Crippen molar-refractivity contribution in [3.8, 4) is 0 Å². The second-order valence-corrected chi connectivity index (χ2v) is 5.28. The molecule has 3 amide bonds. The van der Waals surface area contributed by atoms with Crippen LogP contribution in [0, 0.1) is 6.92 Å². The van der Waals surface area contributed by atoms with Crippen molar-refractivity contribution in [1.29, 1.82) is 0 Å². The van der Waals surface area contributed by atoms with Crippen LogP contribution in [-0.4, -0.2) is 34.0 Å². The summed E-state index contributed by atoms with van der Waals surface area (Å²) in [6, 6.07) is 8.32. The van der Waals surface area contributed by atoms with Crippen molar-refractivity contribution in [2.75, 3.05) is 17.2 Å². The first kappa shape index (κ1) is 17.2. The van der Waals surface area contributed by atoms with E-state index in [0.717, 1.165) is 5.69 Å². The molecule has 0 fully saturated rings. The third-order valence-electron chi connectivity index (χ3n) is 3.13. The zero-order valence-corrected chi connectivity index (χ0v) is 13.7. The maximum Gasteiger partial charge on any atom is 0.269 e. The predicted molar refractivity (Wildman–Crippen MR) is 89.7 cm³/mol. The Bertz CT molecular complexity index is 765. The van der Waals surface area contributed by atoms with Crippen LogP contribution in [0.1, 0.15) is 23.1 Å². The number of aryl methyl sites for hydroxylation is 2. The van der Waals surface area contributed by atoms with Crippen LogP contribution < -0.4 is 16.0 Å². The standard InChI is InChI=1S/C16H19N5O3/c1-10-8-14(21(3)20-10)16(24)17-9-15(23)19-13-6-4-12(5-7-13)18-11(2)22/h4-8H,9H2,1-3H3,(H,17,24)(H,18,22)(H,19,23). The normalized spacial score (nSPS) is 10.1. The molecule has 0 unspecified atom stereocenters. The minimum atomic E-state index is -0.366. The molecule has 2 rings (SSSR count). The molecule has 0 aliphatic heterocycles. The number of hydrogen-bond acceptors (Lipinski definition) is 4. The fourth-order valence-electron chi connectivity index (χ4n) is 2.12. The molecule has 0 aliphatic rings. The average molecular weight is 329 g/mol. The van der Waals surface area contributed by atoms with Crippen molar-refractivity contribution < 1.29 is 14.4 Å². The first-order valence-electron chi connectivity index (χ1n) is 7.31. The highest BCUT2D eigenvalue weighted by molar-refractivity contribution is 5.98. The summed E-state index contributed by atoms with van der Waals surface area (Å²) in [6.07, 6.45) is 0. The average Bonchev–Trinajstić information content (AvgIpc) is 2.85. The molecule has 24 heavy (non-hydrogen) atoms. The van der Waals surface area contributed by atoms with Gasteiger partial charge in [-0.25, -0.2) is 0 Å². The van der Waals surface area contributed by atoms with Crippen molar-refractivity contribution in [2.24, 2.45) is 7.05 Å². The molecule has 0 saturated heterocycles. The Kier molecular flexibility index (Phi) is 5.31. The number of nitrogens with one attached hydrogen (secondary N) is 3. The number of rotatable bonds is 5. The lowest BCUT2D eigenvalue weighted by Gasteiger charge is -2.08. The van der Waals surface area contributed by atoms with Crippen LogP contribution in [0.5, 0.6) is 0 Å².